The van der Waals surface area contributed by atoms with Crippen molar-refractivity contribution in [3.8, 4) is 0 Å². The first kappa shape index (κ1) is 15.2. The molecule has 0 spiro atoms. The van der Waals surface area contributed by atoms with Gasteiger partial charge in [-0.1, -0.05) is 0 Å². The average Bonchev–Trinajstić information content (AvgIpc) is 2.28. The van der Waals surface area contributed by atoms with Crippen LogP contribution in [0.3, 0.4) is 0 Å². The molecule has 1 aromatic rings. The van der Waals surface area contributed by atoms with Crippen LogP contribution in [0.15, 0.2) is 24.3 Å². The van der Waals surface area contributed by atoms with Crippen LogP contribution in [-0.4, -0.2) is 31.7 Å². The number of sulfone groups is 1. The Morgan fingerprint density at radius 1 is 1.05 bits per heavy atom. The quantitative estimate of drug-likeness (QED) is 0.863. The maximum atomic E-state index is 11.7. The number of hydrogen-bond acceptors (Lipinski definition) is 4. The fraction of sp³-hybridized carbons (Fsp3) is 0.333. The number of nitrogens with one attached hydrogen (secondary N) is 2. The summed E-state index contributed by atoms with van der Waals surface area (Å²) in [4.78, 5) is 22.5. The van der Waals surface area contributed by atoms with Crippen molar-refractivity contribution in [2.24, 2.45) is 0 Å². The van der Waals surface area contributed by atoms with Crippen LogP contribution in [0.2, 0.25) is 0 Å². The molecule has 0 saturated heterocycles. The van der Waals surface area contributed by atoms with E-state index in [1.807, 2.05) is 0 Å². The Bertz CT molecular complexity index is 578. The third-order valence-corrected chi connectivity index (χ3v) is 3.98. The first-order chi connectivity index (χ1) is 8.70. The largest absolute Gasteiger partial charge is 0.326 e. The maximum absolute atomic E-state index is 11.7. The van der Waals surface area contributed by atoms with E-state index in [1.165, 1.54) is 13.8 Å². The van der Waals surface area contributed by atoms with Gasteiger partial charge in [-0.25, -0.2) is 8.42 Å². The number of benzene rings is 1. The van der Waals surface area contributed by atoms with Gasteiger partial charge in [-0.3, -0.25) is 9.59 Å². The van der Waals surface area contributed by atoms with Crippen molar-refractivity contribution < 1.29 is 18.0 Å². The second-order valence-electron chi connectivity index (χ2n) is 4.22. The van der Waals surface area contributed by atoms with Crippen LogP contribution in [0.1, 0.15) is 13.8 Å². The summed E-state index contributed by atoms with van der Waals surface area (Å²) in [5, 5.41) is 3.97. The summed E-state index contributed by atoms with van der Waals surface area (Å²) in [6.45, 7) is 2.72. The van der Waals surface area contributed by atoms with Crippen molar-refractivity contribution in [1.29, 1.82) is 0 Å². The van der Waals surface area contributed by atoms with E-state index in [9.17, 15) is 18.0 Å². The molecule has 0 fully saturated rings. The molecule has 0 radical (unpaired) electrons. The number of anilines is 2. The fourth-order valence-electron chi connectivity index (χ4n) is 1.28. The van der Waals surface area contributed by atoms with E-state index in [0.717, 1.165) is 6.26 Å². The highest BCUT2D eigenvalue weighted by molar-refractivity contribution is 7.92. The van der Waals surface area contributed by atoms with Gasteiger partial charge in [0, 0.05) is 24.6 Å². The van der Waals surface area contributed by atoms with Gasteiger partial charge in [-0.2, -0.15) is 0 Å². The Hall–Kier alpha value is -1.89. The molecule has 2 N–H and O–H groups in total. The molecule has 0 saturated carbocycles. The third-order valence-electron chi connectivity index (χ3n) is 2.48. The van der Waals surface area contributed by atoms with Gasteiger partial charge in [0.1, 0.15) is 5.25 Å². The number of rotatable bonds is 4. The minimum Gasteiger partial charge on any atom is -0.326 e. The van der Waals surface area contributed by atoms with Crippen LogP contribution in [0, 0.1) is 0 Å². The zero-order chi connectivity index (χ0) is 14.6. The lowest BCUT2D eigenvalue weighted by atomic mass is 10.2. The van der Waals surface area contributed by atoms with Crippen molar-refractivity contribution in [2.45, 2.75) is 19.1 Å². The lowest BCUT2D eigenvalue weighted by Crippen LogP contribution is -2.31. The fourth-order valence-corrected chi connectivity index (χ4v) is 1.73. The first-order valence-corrected chi connectivity index (χ1v) is 7.53. The molecule has 0 bridgehead atoms. The summed E-state index contributed by atoms with van der Waals surface area (Å²) in [6, 6.07) is 6.39. The molecule has 0 aliphatic carbocycles. The van der Waals surface area contributed by atoms with Crippen molar-refractivity contribution in [3.05, 3.63) is 24.3 Å². The van der Waals surface area contributed by atoms with Crippen molar-refractivity contribution >= 4 is 33.0 Å². The normalized spacial score (nSPS) is 12.6. The van der Waals surface area contributed by atoms with Crippen LogP contribution >= 0.6 is 0 Å². The van der Waals surface area contributed by atoms with E-state index in [-0.39, 0.29) is 5.91 Å². The van der Waals surface area contributed by atoms with E-state index in [1.54, 1.807) is 24.3 Å². The smallest absolute Gasteiger partial charge is 0.242 e. The highest BCUT2D eigenvalue weighted by Crippen LogP contribution is 2.14. The topological polar surface area (TPSA) is 92.3 Å². The van der Waals surface area contributed by atoms with Crippen LogP contribution in [0.4, 0.5) is 11.4 Å². The van der Waals surface area contributed by atoms with Gasteiger partial charge >= 0.3 is 0 Å². The molecular formula is C12H16N2O4S. The molecule has 0 heterocycles. The molecule has 0 aliphatic rings. The molecule has 0 aliphatic heterocycles. The standard InChI is InChI=1S/C12H16N2O4S/c1-8(19(3,17)18)12(16)14-11-6-4-10(5-7-11)13-9(2)15/h4-8H,1-3H3,(H,13,15)(H,14,16)/t8-/m0/s1. The van der Waals surface area contributed by atoms with Crippen LogP contribution in [0.25, 0.3) is 0 Å². The zero-order valence-electron chi connectivity index (χ0n) is 10.9. The lowest BCUT2D eigenvalue weighted by molar-refractivity contribution is -0.116. The summed E-state index contributed by atoms with van der Waals surface area (Å²) in [7, 11) is -3.42. The Morgan fingerprint density at radius 3 is 1.84 bits per heavy atom. The monoisotopic (exact) mass is 284 g/mol. The zero-order valence-corrected chi connectivity index (χ0v) is 11.7. The Balaban J connectivity index is 2.73. The van der Waals surface area contributed by atoms with Crippen LogP contribution in [0.5, 0.6) is 0 Å². The van der Waals surface area contributed by atoms with Gasteiger partial charge in [-0.15, -0.1) is 0 Å². The molecule has 1 atom stereocenters. The molecule has 19 heavy (non-hydrogen) atoms. The first-order valence-electron chi connectivity index (χ1n) is 5.57. The second-order valence-corrected chi connectivity index (χ2v) is 6.59. The minimum atomic E-state index is -3.42. The third kappa shape index (κ3) is 4.70. The molecule has 6 nitrogen and oxygen atoms in total. The van der Waals surface area contributed by atoms with E-state index in [4.69, 9.17) is 0 Å². The highest BCUT2D eigenvalue weighted by atomic mass is 32.2. The number of carbonyl (C=O) groups is 2. The van der Waals surface area contributed by atoms with Gasteiger partial charge in [0.05, 0.1) is 0 Å². The number of hydrogen-bond donors (Lipinski definition) is 2. The summed E-state index contributed by atoms with van der Waals surface area (Å²) in [6.07, 6.45) is 1.01. The number of carbonyl (C=O) groups excluding carboxylic acids is 2. The highest BCUT2D eigenvalue weighted by Gasteiger charge is 2.23. The summed E-state index contributed by atoms with van der Waals surface area (Å²) < 4.78 is 22.5. The van der Waals surface area contributed by atoms with E-state index >= 15 is 0 Å². The minimum absolute atomic E-state index is 0.192. The molecule has 7 heteroatoms. The molecule has 2 amide bonds. The van der Waals surface area contributed by atoms with Gasteiger partial charge in [-0.05, 0) is 31.2 Å². The molecule has 1 rings (SSSR count). The predicted molar refractivity (Wildman–Crippen MR) is 73.7 cm³/mol. The van der Waals surface area contributed by atoms with Crippen molar-refractivity contribution in [3.63, 3.8) is 0 Å². The van der Waals surface area contributed by atoms with Crippen molar-refractivity contribution in [1.82, 2.24) is 0 Å². The van der Waals surface area contributed by atoms with Gasteiger partial charge in [0.25, 0.3) is 0 Å². The Kier molecular flexibility index (Phi) is 4.66. The van der Waals surface area contributed by atoms with Gasteiger partial charge in [0.2, 0.25) is 11.8 Å². The summed E-state index contributed by atoms with van der Waals surface area (Å²) in [5.41, 5.74) is 1.07. The SMILES string of the molecule is CC(=O)Nc1ccc(NC(=O)[C@H](C)S(C)(=O)=O)cc1. The molecule has 0 aromatic heterocycles. The van der Waals surface area contributed by atoms with Crippen molar-refractivity contribution in [2.75, 3.05) is 16.9 Å². The molecule has 0 unspecified atom stereocenters. The number of amides is 2. The maximum Gasteiger partial charge on any atom is 0.242 e. The molecule has 104 valence electrons. The molecule has 1 aromatic carbocycles. The van der Waals surface area contributed by atoms with Gasteiger partial charge < -0.3 is 10.6 Å². The average molecular weight is 284 g/mol. The van der Waals surface area contributed by atoms with E-state index in [0.29, 0.717) is 11.4 Å². The molecular weight excluding hydrogens is 268 g/mol. The summed E-state index contributed by atoms with van der Waals surface area (Å²) in [5.74, 6) is -0.780. The summed E-state index contributed by atoms with van der Waals surface area (Å²) >= 11 is 0. The van der Waals surface area contributed by atoms with E-state index < -0.39 is 21.0 Å². The second kappa shape index (κ2) is 5.83. The van der Waals surface area contributed by atoms with Gasteiger partial charge in [0.15, 0.2) is 9.84 Å². The van der Waals surface area contributed by atoms with E-state index in [2.05, 4.69) is 10.6 Å². The van der Waals surface area contributed by atoms with Crippen LogP contribution in [-0.2, 0) is 19.4 Å². The Morgan fingerprint density at radius 2 is 1.47 bits per heavy atom. The Labute approximate surface area is 112 Å². The lowest BCUT2D eigenvalue weighted by Gasteiger charge is -2.11. The van der Waals surface area contributed by atoms with Crippen LogP contribution < -0.4 is 10.6 Å². The predicted octanol–water partition coefficient (Wildman–Crippen LogP) is 1.02.